The van der Waals surface area contributed by atoms with E-state index in [0.717, 1.165) is 28.8 Å². The summed E-state index contributed by atoms with van der Waals surface area (Å²) in [6.45, 7) is 9.25. The normalized spacial score (nSPS) is 10.2. The molecule has 0 heterocycles. The molecule has 0 saturated heterocycles. The highest BCUT2D eigenvalue weighted by atomic mass is 16.2. The van der Waals surface area contributed by atoms with E-state index in [4.69, 9.17) is 0 Å². The van der Waals surface area contributed by atoms with Gasteiger partial charge in [-0.3, -0.25) is 9.69 Å². The van der Waals surface area contributed by atoms with E-state index in [1.165, 1.54) is 0 Å². The Hall–Kier alpha value is -3.08. The zero-order valence-corrected chi connectivity index (χ0v) is 16.7. The van der Waals surface area contributed by atoms with Crippen LogP contribution >= 0.6 is 0 Å². The first-order valence-corrected chi connectivity index (χ1v) is 9.61. The van der Waals surface area contributed by atoms with Crippen LogP contribution < -0.4 is 15.5 Å². The zero-order chi connectivity index (χ0) is 20.4. The summed E-state index contributed by atoms with van der Waals surface area (Å²) in [6, 6.07) is 15.5. The van der Waals surface area contributed by atoms with E-state index in [1.54, 1.807) is 11.0 Å². The molecule has 0 aromatic heterocycles. The first-order valence-electron chi connectivity index (χ1n) is 9.61. The Balaban J connectivity index is 2.16. The van der Waals surface area contributed by atoms with Crippen molar-refractivity contribution in [3.05, 3.63) is 77.9 Å². The summed E-state index contributed by atoms with van der Waals surface area (Å²) in [5.41, 5.74) is 3.90. The van der Waals surface area contributed by atoms with Crippen LogP contribution in [-0.2, 0) is 17.8 Å². The SMILES string of the molecule is C=CCNC(=O)N(Cc1cccc(C)c1)c1ccc(CC(=O)NCCC)cc1. The van der Waals surface area contributed by atoms with Gasteiger partial charge in [-0.25, -0.2) is 4.79 Å². The highest BCUT2D eigenvalue weighted by Gasteiger charge is 2.16. The van der Waals surface area contributed by atoms with Crippen LogP contribution in [0.2, 0.25) is 0 Å². The number of carbonyl (C=O) groups excluding carboxylic acids is 2. The minimum absolute atomic E-state index is 0.00921. The Bertz CT molecular complexity index is 800. The topological polar surface area (TPSA) is 61.4 Å². The van der Waals surface area contributed by atoms with Crippen molar-refractivity contribution in [2.45, 2.75) is 33.2 Å². The summed E-state index contributed by atoms with van der Waals surface area (Å²) in [6.07, 6.45) is 2.90. The summed E-state index contributed by atoms with van der Waals surface area (Å²) in [4.78, 5) is 26.3. The molecule has 0 aliphatic carbocycles. The molecule has 0 saturated carbocycles. The van der Waals surface area contributed by atoms with Crippen molar-refractivity contribution in [3.8, 4) is 0 Å². The van der Waals surface area contributed by atoms with Crippen molar-refractivity contribution in [1.29, 1.82) is 0 Å². The average molecular weight is 380 g/mol. The molecule has 3 amide bonds. The molecule has 2 aromatic carbocycles. The standard InChI is InChI=1S/C23H29N3O2/c1-4-13-24-22(27)16-19-9-11-21(12-10-19)26(23(28)25-14-5-2)17-20-8-6-7-18(3)15-20/h5-12,15H,2,4,13-14,16-17H2,1,3H3,(H,24,27)(H,25,28). The molecule has 0 aliphatic rings. The maximum absolute atomic E-state index is 12.7. The van der Waals surface area contributed by atoms with Gasteiger partial charge in [0, 0.05) is 18.8 Å². The summed E-state index contributed by atoms with van der Waals surface area (Å²) in [7, 11) is 0. The fourth-order valence-corrected chi connectivity index (χ4v) is 2.83. The first-order chi connectivity index (χ1) is 13.5. The van der Waals surface area contributed by atoms with Gasteiger partial charge in [-0.05, 0) is 36.6 Å². The second-order valence-corrected chi connectivity index (χ2v) is 6.74. The molecule has 0 radical (unpaired) electrons. The van der Waals surface area contributed by atoms with E-state index >= 15 is 0 Å². The van der Waals surface area contributed by atoms with Crippen LogP contribution in [0.3, 0.4) is 0 Å². The van der Waals surface area contributed by atoms with Crippen LogP contribution in [0.5, 0.6) is 0 Å². The Labute approximate surface area is 167 Å². The fourth-order valence-electron chi connectivity index (χ4n) is 2.83. The predicted molar refractivity (Wildman–Crippen MR) is 114 cm³/mol. The maximum Gasteiger partial charge on any atom is 0.322 e. The van der Waals surface area contributed by atoms with Gasteiger partial charge in [0.2, 0.25) is 5.91 Å². The molecule has 5 nitrogen and oxygen atoms in total. The Morgan fingerprint density at radius 3 is 2.46 bits per heavy atom. The van der Waals surface area contributed by atoms with Gasteiger partial charge in [-0.1, -0.05) is 55.0 Å². The number of hydrogen-bond donors (Lipinski definition) is 2. The zero-order valence-electron chi connectivity index (χ0n) is 16.7. The van der Waals surface area contributed by atoms with Crippen molar-refractivity contribution in [1.82, 2.24) is 10.6 Å². The second-order valence-electron chi connectivity index (χ2n) is 6.74. The molecular weight excluding hydrogens is 350 g/mol. The molecule has 2 N–H and O–H groups in total. The number of anilines is 1. The molecule has 0 fully saturated rings. The number of rotatable bonds is 9. The number of hydrogen-bond acceptors (Lipinski definition) is 2. The van der Waals surface area contributed by atoms with Gasteiger partial charge >= 0.3 is 6.03 Å². The van der Waals surface area contributed by atoms with Crippen LogP contribution in [0, 0.1) is 6.92 Å². The van der Waals surface area contributed by atoms with E-state index in [1.807, 2.05) is 56.3 Å². The van der Waals surface area contributed by atoms with E-state index in [9.17, 15) is 9.59 Å². The quantitative estimate of drug-likeness (QED) is 0.648. The highest BCUT2D eigenvalue weighted by Crippen LogP contribution is 2.19. The minimum atomic E-state index is -0.185. The second kappa shape index (κ2) is 10.9. The molecule has 0 aliphatic heterocycles. The van der Waals surface area contributed by atoms with Crippen LogP contribution in [0.15, 0.2) is 61.2 Å². The molecule has 28 heavy (non-hydrogen) atoms. The number of urea groups is 1. The van der Waals surface area contributed by atoms with Crippen molar-refractivity contribution >= 4 is 17.6 Å². The fraction of sp³-hybridized carbons (Fsp3) is 0.304. The van der Waals surface area contributed by atoms with E-state index in [-0.39, 0.29) is 11.9 Å². The van der Waals surface area contributed by atoms with E-state index in [2.05, 4.69) is 23.3 Å². The van der Waals surface area contributed by atoms with Gasteiger partial charge in [0.15, 0.2) is 0 Å². The third-order valence-corrected chi connectivity index (χ3v) is 4.25. The molecule has 2 aromatic rings. The Kier molecular flexibility index (Phi) is 8.28. The lowest BCUT2D eigenvalue weighted by molar-refractivity contribution is -0.120. The maximum atomic E-state index is 12.7. The average Bonchev–Trinajstić information content (AvgIpc) is 2.69. The number of benzene rings is 2. The summed E-state index contributed by atoms with van der Waals surface area (Å²) >= 11 is 0. The lowest BCUT2D eigenvalue weighted by Crippen LogP contribution is -2.39. The van der Waals surface area contributed by atoms with Gasteiger partial charge in [-0.15, -0.1) is 6.58 Å². The Morgan fingerprint density at radius 1 is 1.07 bits per heavy atom. The van der Waals surface area contributed by atoms with Gasteiger partial charge < -0.3 is 10.6 Å². The number of nitrogens with one attached hydrogen (secondary N) is 2. The third kappa shape index (κ3) is 6.58. The van der Waals surface area contributed by atoms with Gasteiger partial charge in [0.25, 0.3) is 0 Å². The minimum Gasteiger partial charge on any atom is -0.356 e. The first kappa shape index (κ1) is 21.2. The summed E-state index contributed by atoms with van der Waals surface area (Å²) in [5.74, 6) is 0.00921. The third-order valence-electron chi connectivity index (χ3n) is 4.25. The van der Waals surface area contributed by atoms with Crippen LogP contribution in [0.4, 0.5) is 10.5 Å². The molecule has 0 unspecified atom stereocenters. The number of carbonyl (C=O) groups is 2. The largest absolute Gasteiger partial charge is 0.356 e. The van der Waals surface area contributed by atoms with Gasteiger partial charge in [-0.2, -0.15) is 0 Å². The number of aryl methyl sites for hydroxylation is 1. The number of amides is 3. The van der Waals surface area contributed by atoms with E-state index in [0.29, 0.717) is 26.1 Å². The highest BCUT2D eigenvalue weighted by molar-refractivity contribution is 5.92. The smallest absolute Gasteiger partial charge is 0.322 e. The number of nitrogens with zero attached hydrogens (tertiary/aromatic N) is 1. The lowest BCUT2D eigenvalue weighted by atomic mass is 10.1. The lowest BCUT2D eigenvalue weighted by Gasteiger charge is -2.23. The molecule has 0 atom stereocenters. The van der Waals surface area contributed by atoms with Crippen molar-refractivity contribution < 1.29 is 9.59 Å². The van der Waals surface area contributed by atoms with Crippen LogP contribution in [0.25, 0.3) is 0 Å². The molecule has 2 rings (SSSR count). The Morgan fingerprint density at radius 2 is 1.82 bits per heavy atom. The summed E-state index contributed by atoms with van der Waals surface area (Å²) < 4.78 is 0. The van der Waals surface area contributed by atoms with Crippen molar-refractivity contribution in [3.63, 3.8) is 0 Å². The monoisotopic (exact) mass is 379 g/mol. The predicted octanol–water partition coefficient (Wildman–Crippen LogP) is 3.97. The molecule has 0 bridgehead atoms. The van der Waals surface area contributed by atoms with Crippen molar-refractivity contribution in [2.24, 2.45) is 0 Å². The molecule has 148 valence electrons. The van der Waals surface area contributed by atoms with Gasteiger partial charge in [0.05, 0.1) is 13.0 Å². The molecule has 5 heteroatoms. The van der Waals surface area contributed by atoms with Crippen LogP contribution in [-0.4, -0.2) is 25.0 Å². The summed E-state index contributed by atoms with van der Waals surface area (Å²) in [5, 5.41) is 5.72. The van der Waals surface area contributed by atoms with Gasteiger partial charge in [0.1, 0.15) is 0 Å². The van der Waals surface area contributed by atoms with Crippen LogP contribution in [0.1, 0.15) is 30.0 Å². The molecular formula is C23H29N3O2. The van der Waals surface area contributed by atoms with Crippen molar-refractivity contribution in [2.75, 3.05) is 18.0 Å². The van der Waals surface area contributed by atoms with E-state index < -0.39 is 0 Å². The molecule has 0 spiro atoms.